The van der Waals surface area contributed by atoms with Crippen LogP contribution in [0.2, 0.25) is 0 Å². The van der Waals surface area contributed by atoms with Gasteiger partial charge in [-0.25, -0.2) is 4.98 Å². The van der Waals surface area contributed by atoms with E-state index in [9.17, 15) is 13.2 Å². The molecule has 0 aliphatic heterocycles. The maximum Gasteiger partial charge on any atom is 0.417 e. The van der Waals surface area contributed by atoms with Gasteiger partial charge in [-0.2, -0.15) is 13.2 Å². The molecule has 1 aromatic rings. The van der Waals surface area contributed by atoms with Crippen molar-refractivity contribution in [2.75, 3.05) is 11.5 Å². The highest BCUT2D eigenvalue weighted by Crippen LogP contribution is 2.37. The van der Waals surface area contributed by atoms with Crippen LogP contribution in [0.3, 0.4) is 0 Å². The van der Waals surface area contributed by atoms with Gasteiger partial charge in [0.05, 0.1) is 5.56 Å². The number of aromatic nitrogens is 1. The molecule has 6 heteroatoms. The summed E-state index contributed by atoms with van der Waals surface area (Å²) in [6.45, 7) is 1.91. The van der Waals surface area contributed by atoms with Crippen molar-refractivity contribution in [1.29, 1.82) is 0 Å². The predicted octanol–water partition coefficient (Wildman–Crippen LogP) is 3.18. The number of rotatable bonds is 3. The monoisotopic (exact) mass is 236 g/mol. The Hall–Kier alpha value is -0.910. The number of halogens is 3. The zero-order valence-electron chi connectivity index (χ0n) is 8.14. The highest BCUT2D eigenvalue weighted by molar-refractivity contribution is 7.99. The zero-order valence-corrected chi connectivity index (χ0v) is 8.95. The summed E-state index contributed by atoms with van der Waals surface area (Å²) in [6.07, 6.45) is -2.38. The summed E-state index contributed by atoms with van der Waals surface area (Å²) in [4.78, 5) is 3.80. The number of nitrogens with zero attached hydrogens (tertiary/aromatic N) is 1. The second-order valence-electron chi connectivity index (χ2n) is 2.95. The van der Waals surface area contributed by atoms with Crippen molar-refractivity contribution in [1.82, 2.24) is 4.98 Å². The van der Waals surface area contributed by atoms with E-state index in [1.54, 1.807) is 0 Å². The van der Waals surface area contributed by atoms with Crippen LogP contribution in [0, 0.1) is 0 Å². The van der Waals surface area contributed by atoms with Crippen LogP contribution in [-0.4, -0.2) is 10.7 Å². The molecule has 2 N–H and O–H groups in total. The summed E-state index contributed by atoms with van der Waals surface area (Å²) in [5, 5.41) is 0. The third kappa shape index (κ3) is 3.30. The summed E-state index contributed by atoms with van der Waals surface area (Å²) >= 11 is 1.14. The SMILES string of the molecule is CCCSc1cnc(N)cc1C(F)(F)F. The highest BCUT2D eigenvalue weighted by Gasteiger charge is 2.33. The van der Waals surface area contributed by atoms with Crippen molar-refractivity contribution < 1.29 is 13.2 Å². The lowest BCUT2D eigenvalue weighted by Crippen LogP contribution is -2.08. The fourth-order valence-corrected chi connectivity index (χ4v) is 1.89. The third-order valence-electron chi connectivity index (χ3n) is 1.66. The number of nitrogen functional groups attached to an aromatic ring is 1. The predicted molar refractivity (Wildman–Crippen MR) is 54.7 cm³/mol. The third-order valence-corrected chi connectivity index (χ3v) is 2.90. The molecule has 0 unspecified atom stereocenters. The lowest BCUT2D eigenvalue weighted by molar-refractivity contribution is -0.139. The Morgan fingerprint density at radius 3 is 2.67 bits per heavy atom. The van der Waals surface area contributed by atoms with Crippen LogP contribution < -0.4 is 5.73 Å². The van der Waals surface area contributed by atoms with E-state index < -0.39 is 11.7 Å². The normalized spacial score (nSPS) is 11.7. The maximum atomic E-state index is 12.6. The molecule has 1 heterocycles. The highest BCUT2D eigenvalue weighted by atomic mass is 32.2. The molecule has 1 aromatic heterocycles. The Labute approximate surface area is 90.1 Å². The molecular weight excluding hydrogens is 225 g/mol. The van der Waals surface area contributed by atoms with Crippen molar-refractivity contribution in [3.05, 3.63) is 17.8 Å². The number of alkyl halides is 3. The lowest BCUT2D eigenvalue weighted by Gasteiger charge is -2.11. The van der Waals surface area contributed by atoms with E-state index in [4.69, 9.17) is 5.73 Å². The molecule has 1 rings (SSSR count). The van der Waals surface area contributed by atoms with Gasteiger partial charge >= 0.3 is 6.18 Å². The first kappa shape index (κ1) is 12.2. The first-order chi connectivity index (χ1) is 6.95. The number of thioether (sulfide) groups is 1. The van der Waals surface area contributed by atoms with Crippen molar-refractivity contribution in [3.8, 4) is 0 Å². The second kappa shape index (κ2) is 4.74. The number of hydrogen-bond donors (Lipinski definition) is 1. The van der Waals surface area contributed by atoms with Gasteiger partial charge in [-0.1, -0.05) is 6.92 Å². The smallest absolute Gasteiger partial charge is 0.384 e. The van der Waals surface area contributed by atoms with Gasteiger partial charge in [0.15, 0.2) is 0 Å². The topological polar surface area (TPSA) is 38.9 Å². The largest absolute Gasteiger partial charge is 0.417 e. The Morgan fingerprint density at radius 2 is 2.13 bits per heavy atom. The van der Waals surface area contributed by atoms with Crippen LogP contribution in [0.1, 0.15) is 18.9 Å². The van der Waals surface area contributed by atoms with Gasteiger partial charge in [-0.3, -0.25) is 0 Å². The Kier molecular flexibility index (Phi) is 3.84. The fraction of sp³-hybridized carbons (Fsp3) is 0.444. The van der Waals surface area contributed by atoms with Gasteiger partial charge in [0.1, 0.15) is 5.82 Å². The molecule has 0 bridgehead atoms. The molecule has 0 aromatic carbocycles. The molecule has 0 radical (unpaired) electrons. The van der Waals surface area contributed by atoms with E-state index in [0.717, 1.165) is 24.2 Å². The van der Waals surface area contributed by atoms with E-state index in [1.807, 2.05) is 6.92 Å². The van der Waals surface area contributed by atoms with Gasteiger partial charge in [0, 0.05) is 11.1 Å². The van der Waals surface area contributed by atoms with Gasteiger partial charge in [-0.05, 0) is 18.2 Å². The molecule has 0 amide bonds. The first-order valence-electron chi connectivity index (χ1n) is 4.40. The lowest BCUT2D eigenvalue weighted by atomic mass is 10.2. The van der Waals surface area contributed by atoms with Crippen molar-refractivity contribution in [2.24, 2.45) is 0 Å². The summed E-state index contributed by atoms with van der Waals surface area (Å²) in [7, 11) is 0. The summed E-state index contributed by atoms with van der Waals surface area (Å²) in [5.41, 5.74) is 4.53. The molecule has 15 heavy (non-hydrogen) atoms. The molecule has 0 atom stereocenters. The van der Waals surface area contributed by atoms with Crippen molar-refractivity contribution in [2.45, 2.75) is 24.4 Å². The molecule has 0 saturated carbocycles. The number of pyridine rings is 1. The minimum absolute atomic E-state index is 0.108. The number of hydrogen-bond acceptors (Lipinski definition) is 3. The molecule has 0 fully saturated rings. The van der Waals surface area contributed by atoms with E-state index in [-0.39, 0.29) is 10.7 Å². The number of anilines is 1. The van der Waals surface area contributed by atoms with E-state index in [0.29, 0.717) is 5.75 Å². The average Bonchev–Trinajstić information content (AvgIpc) is 2.14. The second-order valence-corrected chi connectivity index (χ2v) is 4.09. The van der Waals surface area contributed by atoms with Gasteiger partial charge in [-0.15, -0.1) is 11.8 Å². The van der Waals surface area contributed by atoms with E-state index >= 15 is 0 Å². The zero-order chi connectivity index (χ0) is 11.5. The standard InChI is InChI=1S/C9H11F3N2S/c1-2-3-15-7-5-14-8(13)4-6(7)9(10,11)12/h4-5H,2-3H2,1H3,(H2,13,14). The van der Waals surface area contributed by atoms with Gasteiger partial charge < -0.3 is 5.73 Å². The van der Waals surface area contributed by atoms with E-state index in [1.165, 1.54) is 6.20 Å². The van der Waals surface area contributed by atoms with Crippen molar-refractivity contribution in [3.63, 3.8) is 0 Å². The molecule has 0 spiro atoms. The van der Waals surface area contributed by atoms with E-state index in [2.05, 4.69) is 4.98 Å². The van der Waals surface area contributed by atoms with Crippen LogP contribution in [0.25, 0.3) is 0 Å². The Balaban J connectivity index is 3.04. The summed E-state index contributed by atoms with van der Waals surface area (Å²) in [5.74, 6) is 0.525. The Bertz CT molecular complexity index is 339. The molecule has 0 aliphatic carbocycles. The van der Waals surface area contributed by atoms with Gasteiger partial charge in [0.25, 0.3) is 0 Å². The van der Waals surface area contributed by atoms with Crippen LogP contribution in [0.15, 0.2) is 17.2 Å². The molecule has 0 saturated heterocycles. The number of nitrogens with two attached hydrogens (primary N) is 1. The molecule has 84 valence electrons. The molecular formula is C9H11F3N2S. The summed E-state index contributed by atoms with van der Waals surface area (Å²) in [6, 6.07) is 0.873. The van der Waals surface area contributed by atoms with Crippen LogP contribution in [0.4, 0.5) is 19.0 Å². The fourth-order valence-electron chi connectivity index (χ4n) is 1.01. The average molecular weight is 236 g/mol. The van der Waals surface area contributed by atoms with Gasteiger partial charge in [0.2, 0.25) is 0 Å². The molecule has 2 nitrogen and oxygen atoms in total. The minimum Gasteiger partial charge on any atom is -0.384 e. The van der Waals surface area contributed by atoms with Crippen LogP contribution in [-0.2, 0) is 6.18 Å². The van der Waals surface area contributed by atoms with Crippen molar-refractivity contribution >= 4 is 17.6 Å². The first-order valence-corrected chi connectivity index (χ1v) is 5.39. The summed E-state index contributed by atoms with van der Waals surface area (Å²) < 4.78 is 37.7. The van der Waals surface area contributed by atoms with Crippen LogP contribution in [0.5, 0.6) is 0 Å². The quantitative estimate of drug-likeness (QED) is 0.819. The minimum atomic E-state index is -4.37. The van der Waals surface area contributed by atoms with Crippen LogP contribution >= 0.6 is 11.8 Å². The maximum absolute atomic E-state index is 12.6. The molecule has 0 aliphatic rings. The Morgan fingerprint density at radius 1 is 1.47 bits per heavy atom.